The Balaban J connectivity index is 2.34. The van der Waals surface area contributed by atoms with Crippen molar-refractivity contribution in [2.24, 2.45) is 0 Å². The molecule has 2 aromatic carbocycles. The summed E-state index contributed by atoms with van der Waals surface area (Å²) in [6.45, 7) is 5.77. The van der Waals surface area contributed by atoms with Gasteiger partial charge in [0.15, 0.2) is 6.10 Å². The molecule has 0 N–H and O–H groups in total. The fourth-order valence-electron chi connectivity index (χ4n) is 2.18. The number of carbonyl (C=O) groups is 1. The Kier molecular flexibility index (Phi) is 4.57. The molecule has 2 aromatic rings. The van der Waals surface area contributed by atoms with Crippen molar-refractivity contribution in [1.82, 2.24) is 0 Å². The van der Waals surface area contributed by atoms with E-state index in [0.717, 1.165) is 11.1 Å². The van der Waals surface area contributed by atoms with Crippen LogP contribution in [0.2, 0.25) is 0 Å². The summed E-state index contributed by atoms with van der Waals surface area (Å²) in [6.07, 6.45) is -0.338. The predicted molar refractivity (Wildman–Crippen MR) is 80.6 cm³/mol. The van der Waals surface area contributed by atoms with Crippen molar-refractivity contribution in [1.29, 1.82) is 0 Å². The number of ether oxygens (including phenoxy) is 1. The summed E-state index contributed by atoms with van der Waals surface area (Å²) in [5.41, 5.74) is 3.26. The molecule has 0 radical (unpaired) electrons. The molecule has 2 rings (SSSR count). The Morgan fingerprint density at radius 1 is 0.850 bits per heavy atom. The first-order chi connectivity index (χ1) is 9.58. The van der Waals surface area contributed by atoms with Gasteiger partial charge in [0.1, 0.15) is 0 Å². The van der Waals surface area contributed by atoms with E-state index in [1.54, 1.807) is 0 Å². The molecule has 0 aliphatic carbocycles. The summed E-state index contributed by atoms with van der Waals surface area (Å²) in [6, 6.07) is 18.1. The Bertz CT molecular complexity index is 556. The maximum atomic E-state index is 11.4. The second-order valence-electron chi connectivity index (χ2n) is 5.22. The highest BCUT2D eigenvalue weighted by molar-refractivity contribution is 5.66. The second kappa shape index (κ2) is 6.38. The molecule has 20 heavy (non-hydrogen) atoms. The van der Waals surface area contributed by atoms with Crippen molar-refractivity contribution < 1.29 is 9.53 Å². The highest BCUT2D eigenvalue weighted by atomic mass is 16.5. The van der Waals surface area contributed by atoms with Crippen LogP contribution in [-0.2, 0) is 9.53 Å². The van der Waals surface area contributed by atoms with Crippen molar-refractivity contribution in [2.45, 2.75) is 32.8 Å². The molecule has 2 nitrogen and oxygen atoms in total. The molecule has 0 aromatic heterocycles. The third-order valence-electron chi connectivity index (χ3n) is 3.29. The van der Waals surface area contributed by atoms with Crippen LogP contribution in [0.25, 0.3) is 0 Å². The molecule has 0 bridgehead atoms. The Hall–Kier alpha value is -2.09. The highest BCUT2D eigenvalue weighted by Crippen LogP contribution is 2.27. The third kappa shape index (κ3) is 3.47. The van der Waals surface area contributed by atoms with E-state index in [4.69, 9.17) is 4.74 Å². The standard InChI is InChI=1S/C18H20O2/c1-13(2)15-9-11-17(12-10-15)18(20-14(3)19)16-7-5-4-6-8-16/h4-13,18H,1-3H3/t18-/m1/s1. The van der Waals surface area contributed by atoms with Crippen LogP contribution in [-0.4, -0.2) is 5.97 Å². The van der Waals surface area contributed by atoms with Crippen molar-refractivity contribution in [3.05, 3.63) is 71.3 Å². The molecule has 0 heterocycles. The van der Waals surface area contributed by atoms with E-state index < -0.39 is 0 Å². The van der Waals surface area contributed by atoms with E-state index in [1.165, 1.54) is 12.5 Å². The van der Waals surface area contributed by atoms with E-state index in [2.05, 4.69) is 26.0 Å². The van der Waals surface area contributed by atoms with Crippen LogP contribution in [0.5, 0.6) is 0 Å². The quantitative estimate of drug-likeness (QED) is 0.765. The van der Waals surface area contributed by atoms with Crippen LogP contribution in [0.15, 0.2) is 54.6 Å². The molecule has 0 fully saturated rings. The van der Waals surface area contributed by atoms with Crippen LogP contribution in [0.1, 0.15) is 49.5 Å². The predicted octanol–water partition coefficient (Wildman–Crippen LogP) is 4.46. The van der Waals surface area contributed by atoms with Gasteiger partial charge >= 0.3 is 5.97 Å². The summed E-state index contributed by atoms with van der Waals surface area (Å²) < 4.78 is 5.48. The lowest BCUT2D eigenvalue weighted by Gasteiger charge is -2.18. The first kappa shape index (κ1) is 14.3. The number of benzene rings is 2. The van der Waals surface area contributed by atoms with Crippen LogP contribution in [0.4, 0.5) is 0 Å². The summed E-state index contributed by atoms with van der Waals surface area (Å²) in [5, 5.41) is 0. The number of carbonyl (C=O) groups excluding carboxylic acids is 1. The summed E-state index contributed by atoms with van der Waals surface area (Å²) in [4.78, 5) is 11.4. The van der Waals surface area contributed by atoms with Gasteiger partial charge in [0.05, 0.1) is 0 Å². The molecule has 0 unspecified atom stereocenters. The molecule has 0 spiro atoms. The second-order valence-corrected chi connectivity index (χ2v) is 5.22. The van der Waals surface area contributed by atoms with Gasteiger partial charge in [-0.25, -0.2) is 0 Å². The fraction of sp³-hybridized carbons (Fsp3) is 0.278. The lowest BCUT2D eigenvalue weighted by Crippen LogP contribution is -2.10. The van der Waals surface area contributed by atoms with Gasteiger partial charge in [-0.3, -0.25) is 4.79 Å². The van der Waals surface area contributed by atoms with Crippen molar-refractivity contribution in [3.8, 4) is 0 Å². The highest BCUT2D eigenvalue weighted by Gasteiger charge is 2.17. The third-order valence-corrected chi connectivity index (χ3v) is 3.29. The van der Waals surface area contributed by atoms with E-state index in [-0.39, 0.29) is 12.1 Å². The van der Waals surface area contributed by atoms with E-state index in [1.807, 2.05) is 42.5 Å². The van der Waals surface area contributed by atoms with Gasteiger partial charge in [-0.1, -0.05) is 68.4 Å². The zero-order valence-corrected chi connectivity index (χ0v) is 12.2. The van der Waals surface area contributed by atoms with Gasteiger partial charge < -0.3 is 4.74 Å². The molecule has 0 saturated carbocycles. The molecular weight excluding hydrogens is 248 g/mol. The van der Waals surface area contributed by atoms with Crippen LogP contribution >= 0.6 is 0 Å². The molecule has 1 atom stereocenters. The minimum Gasteiger partial charge on any atom is -0.453 e. The van der Waals surface area contributed by atoms with Crippen molar-refractivity contribution in [3.63, 3.8) is 0 Å². The SMILES string of the molecule is CC(=O)O[C@H](c1ccccc1)c1ccc(C(C)C)cc1. The van der Waals surface area contributed by atoms with Crippen LogP contribution in [0, 0.1) is 0 Å². The first-order valence-electron chi connectivity index (χ1n) is 6.90. The van der Waals surface area contributed by atoms with Crippen molar-refractivity contribution in [2.75, 3.05) is 0 Å². The Morgan fingerprint density at radius 3 is 1.85 bits per heavy atom. The van der Waals surface area contributed by atoms with Gasteiger partial charge in [-0.2, -0.15) is 0 Å². The zero-order chi connectivity index (χ0) is 14.5. The average molecular weight is 268 g/mol. The molecule has 0 aliphatic rings. The average Bonchev–Trinajstić information content (AvgIpc) is 2.45. The zero-order valence-electron chi connectivity index (χ0n) is 12.2. The van der Waals surface area contributed by atoms with E-state index in [9.17, 15) is 4.79 Å². The minimum atomic E-state index is -0.338. The minimum absolute atomic E-state index is 0.271. The van der Waals surface area contributed by atoms with Crippen molar-refractivity contribution >= 4 is 5.97 Å². The largest absolute Gasteiger partial charge is 0.453 e. The smallest absolute Gasteiger partial charge is 0.303 e. The molecule has 0 aliphatic heterocycles. The number of esters is 1. The monoisotopic (exact) mass is 268 g/mol. The van der Waals surface area contributed by atoms with E-state index in [0.29, 0.717) is 5.92 Å². The normalized spacial score (nSPS) is 12.2. The Labute approximate surface area is 120 Å². The summed E-state index contributed by atoms with van der Waals surface area (Å²) in [5.74, 6) is 0.222. The fourth-order valence-corrected chi connectivity index (χ4v) is 2.18. The molecule has 2 heteroatoms. The summed E-state index contributed by atoms with van der Waals surface area (Å²) >= 11 is 0. The van der Waals surface area contributed by atoms with Gasteiger partial charge in [-0.05, 0) is 22.6 Å². The lowest BCUT2D eigenvalue weighted by atomic mass is 9.97. The van der Waals surface area contributed by atoms with Gasteiger partial charge in [-0.15, -0.1) is 0 Å². The molecular formula is C18H20O2. The van der Waals surface area contributed by atoms with E-state index >= 15 is 0 Å². The Morgan fingerprint density at radius 2 is 1.35 bits per heavy atom. The summed E-state index contributed by atoms with van der Waals surface area (Å²) in [7, 11) is 0. The molecule has 0 saturated heterocycles. The maximum Gasteiger partial charge on any atom is 0.303 e. The van der Waals surface area contributed by atoms with Gasteiger partial charge in [0, 0.05) is 6.92 Å². The van der Waals surface area contributed by atoms with Crippen LogP contribution < -0.4 is 0 Å². The first-order valence-corrected chi connectivity index (χ1v) is 6.90. The number of hydrogen-bond acceptors (Lipinski definition) is 2. The maximum absolute atomic E-state index is 11.4. The number of hydrogen-bond donors (Lipinski definition) is 0. The topological polar surface area (TPSA) is 26.3 Å². The van der Waals surface area contributed by atoms with Crippen LogP contribution in [0.3, 0.4) is 0 Å². The molecule has 0 amide bonds. The molecule has 104 valence electrons. The van der Waals surface area contributed by atoms with Gasteiger partial charge in [0.2, 0.25) is 0 Å². The lowest BCUT2D eigenvalue weighted by molar-refractivity contribution is -0.144. The number of rotatable bonds is 4. The van der Waals surface area contributed by atoms with Gasteiger partial charge in [0.25, 0.3) is 0 Å².